The van der Waals surface area contributed by atoms with E-state index in [2.05, 4.69) is 0 Å². The summed E-state index contributed by atoms with van der Waals surface area (Å²) < 4.78 is 1.07. The van der Waals surface area contributed by atoms with Crippen LogP contribution >= 0.6 is 0 Å². The van der Waals surface area contributed by atoms with E-state index in [4.69, 9.17) is 0 Å². The number of aryl methyl sites for hydroxylation is 1. The summed E-state index contributed by atoms with van der Waals surface area (Å²) in [5, 5.41) is 9.25. The third kappa shape index (κ3) is 1.69. The minimum Gasteiger partial charge on any atom is -0.508 e. The second-order valence-electron chi connectivity index (χ2n) is 3.42. The van der Waals surface area contributed by atoms with Crippen molar-refractivity contribution < 1.29 is 9.87 Å². The molecule has 0 spiro atoms. The summed E-state index contributed by atoms with van der Waals surface area (Å²) in [6.07, 6.45) is 1.77. The molecule has 3 nitrogen and oxygen atoms in total. The van der Waals surface area contributed by atoms with Gasteiger partial charge < -0.3 is 5.11 Å². The number of fused-ring (bicyclic) bond motifs is 1. The standard InChI is InChI=1S/C10H11NO2/c12-10-4-3-9-7-11(13)5-1-2-8(9)6-10/h3-4,6H,1-2,5,7H2/p+1. The van der Waals surface area contributed by atoms with E-state index in [0.717, 1.165) is 28.7 Å². The van der Waals surface area contributed by atoms with Gasteiger partial charge in [0.25, 0.3) is 0 Å². The van der Waals surface area contributed by atoms with E-state index in [0.29, 0.717) is 13.1 Å². The van der Waals surface area contributed by atoms with Crippen LogP contribution in [0.2, 0.25) is 0 Å². The molecule has 68 valence electrons. The van der Waals surface area contributed by atoms with Crippen LogP contribution in [0.25, 0.3) is 0 Å². The Morgan fingerprint density at radius 1 is 1.31 bits per heavy atom. The monoisotopic (exact) mass is 178 g/mol. The summed E-state index contributed by atoms with van der Waals surface area (Å²) in [5.41, 5.74) is 2.16. The summed E-state index contributed by atoms with van der Waals surface area (Å²) in [5.74, 6) is 0.290. The molecule has 0 aliphatic carbocycles. The molecule has 13 heavy (non-hydrogen) atoms. The van der Waals surface area contributed by atoms with Crippen molar-refractivity contribution >= 4 is 0 Å². The van der Waals surface area contributed by atoms with Crippen LogP contribution in [0.5, 0.6) is 5.75 Å². The number of aromatic hydroxyl groups is 1. The van der Waals surface area contributed by atoms with Crippen molar-refractivity contribution in [2.75, 3.05) is 6.54 Å². The fourth-order valence-corrected chi connectivity index (χ4v) is 1.71. The number of phenolic OH excluding ortho intramolecular Hbond substituents is 1. The first-order valence-electron chi connectivity index (χ1n) is 4.48. The Bertz CT molecular complexity index is 347. The number of hydrogen-bond acceptors (Lipinski definition) is 2. The molecule has 1 heterocycles. The van der Waals surface area contributed by atoms with E-state index in [9.17, 15) is 10.0 Å². The predicted molar refractivity (Wildman–Crippen MR) is 48.6 cm³/mol. The second-order valence-corrected chi connectivity index (χ2v) is 3.42. The van der Waals surface area contributed by atoms with Gasteiger partial charge in [-0.1, -0.05) is 0 Å². The highest BCUT2D eigenvalue weighted by molar-refractivity contribution is 5.34. The van der Waals surface area contributed by atoms with E-state index >= 15 is 0 Å². The van der Waals surface area contributed by atoms with Crippen LogP contribution in [0.4, 0.5) is 0 Å². The van der Waals surface area contributed by atoms with Crippen molar-refractivity contribution in [1.82, 2.24) is 0 Å². The molecule has 1 aliphatic heterocycles. The normalized spacial score (nSPS) is 16.5. The zero-order valence-corrected chi connectivity index (χ0v) is 7.36. The van der Waals surface area contributed by atoms with E-state index in [1.807, 2.05) is 6.07 Å². The topological polar surface area (TPSA) is 40.3 Å². The highest BCUT2D eigenvalue weighted by atomic mass is 16.3. The molecule has 0 amide bonds. The number of rotatable bonds is 0. The van der Waals surface area contributed by atoms with Crippen molar-refractivity contribution in [2.24, 2.45) is 0 Å². The fourth-order valence-electron chi connectivity index (χ4n) is 1.71. The Balaban J connectivity index is 2.40. The third-order valence-electron chi connectivity index (χ3n) is 2.39. The number of nitrogens with zero attached hydrogens (tertiary/aromatic N) is 1. The molecule has 0 saturated carbocycles. The van der Waals surface area contributed by atoms with E-state index in [1.54, 1.807) is 12.1 Å². The van der Waals surface area contributed by atoms with Gasteiger partial charge in [-0.25, -0.2) is 0 Å². The van der Waals surface area contributed by atoms with E-state index in [1.165, 1.54) is 0 Å². The van der Waals surface area contributed by atoms with E-state index < -0.39 is 0 Å². The number of phenols is 1. The third-order valence-corrected chi connectivity index (χ3v) is 2.39. The smallest absolute Gasteiger partial charge is 0.217 e. The zero-order chi connectivity index (χ0) is 9.26. The van der Waals surface area contributed by atoms with Gasteiger partial charge in [0.05, 0.1) is 0 Å². The average Bonchev–Trinajstić information content (AvgIpc) is 2.25. The van der Waals surface area contributed by atoms with Crippen LogP contribution in [-0.4, -0.2) is 16.4 Å². The molecule has 0 aromatic heterocycles. The van der Waals surface area contributed by atoms with E-state index in [-0.39, 0.29) is 5.75 Å². The van der Waals surface area contributed by atoms with Crippen molar-refractivity contribution in [3.8, 4) is 5.75 Å². The van der Waals surface area contributed by atoms with Gasteiger partial charge in [-0.15, -0.1) is 0 Å². The maximum absolute atomic E-state index is 11.2. The Labute approximate surface area is 76.6 Å². The van der Waals surface area contributed by atoms with Gasteiger partial charge in [0.15, 0.2) is 6.54 Å². The highest BCUT2D eigenvalue weighted by Gasteiger charge is 2.18. The maximum atomic E-state index is 11.2. The largest absolute Gasteiger partial charge is 0.508 e. The first-order valence-corrected chi connectivity index (χ1v) is 4.48. The number of benzene rings is 1. The molecular formula is C10H12NO2+. The van der Waals surface area contributed by atoms with Crippen molar-refractivity contribution in [1.29, 1.82) is 0 Å². The summed E-state index contributed by atoms with van der Waals surface area (Å²) in [6, 6.07) is 5.23. The van der Waals surface area contributed by atoms with Crippen LogP contribution in [0.15, 0.2) is 18.2 Å². The van der Waals surface area contributed by atoms with Gasteiger partial charge in [0.1, 0.15) is 5.75 Å². The van der Waals surface area contributed by atoms with Crippen LogP contribution in [0.1, 0.15) is 17.5 Å². The molecule has 1 aromatic carbocycles. The van der Waals surface area contributed by atoms with Gasteiger partial charge in [-0.05, 0) is 30.2 Å². The predicted octanol–water partition coefficient (Wildman–Crippen LogP) is 1.62. The molecule has 1 aliphatic rings. The molecule has 1 N–H and O–H groups in total. The maximum Gasteiger partial charge on any atom is 0.217 e. The van der Waals surface area contributed by atoms with Gasteiger partial charge in [0.2, 0.25) is 6.54 Å². The second kappa shape index (κ2) is 3.17. The molecule has 0 atom stereocenters. The molecule has 0 bridgehead atoms. The van der Waals surface area contributed by atoms with Crippen molar-refractivity contribution in [3.63, 3.8) is 0 Å². The minimum atomic E-state index is 0.290. The van der Waals surface area contributed by atoms with Crippen LogP contribution < -0.4 is 0 Å². The summed E-state index contributed by atoms with van der Waals surface area (Å²) in [7, 11) is 0. The Morgan fingerprint density at radius 2 is 2.15 bits per heavy atom. The Morgan fingerprint density at radius 3 is 3.00 bits per heavy atom. The highest BCUT2D eigenvalue weighted by Crippen LogP contribution is 2.21. The van der Waals surface area contributed by atoms with Crippen LogP contribution in [0, 0.1) is 4.91 Å². The molecule has 0 radical (unpaired) electrons. The van der Waals surface area contributed by atoms with Crippen molar-refractivity contribution in [3.05, 3.63) is 34.2 Å². The van der Waals surface area contributed by atoms with Crippen LogP contribution in [0.3, 0.4) is 0 Å². The molecule has 0 unspecified atom stereocenters. The van der Waals surface area contributed by atoms with Gasteiger partial charge in [-0.3, -0.25) is 0 Å². The lowest BCUT2D eigenvalue weighted by atomic mass is 10.0. The lowest BCUT2D eigenvalue weighted by Gasteiger charge is -2.01. The quantitative estimate of drug-likeness (QED) is 0.613. The number of hydrogen-bond donors (Lipinski definition) is 1. The summed E-state index contributed by atoms with van der Waals surface area (Å²) in [4.78, 5) is 11.2. The molecule has 0 fully saturated rings. The molecule has 3 heteroatoms. The molecule has 1 aromatic rings. The lowest BCUT2D eigenvalue weighted by Crippen LogP contribution is -2.06. The zero-order valence-electron chi connectivity index (χ0n) is 7.36. The number of nitroso groups, excluding NO2 is 1. The van der Waals surface area contributed by atoms with Gasteiger partial charge in [-0.2, -0.15) is 0 Å². The molecule has 0 saturated heterocycles. The van der Waals surface area contributed by atoms with Gasteiger partial charge >= 0.3 is 0 Å². The summed E-state index contributed by atoms with van der Waals surface area (Å²) in [6.45, 7) is 1.05. The van der Waals surface area contributed by atoms with Crippen LogP contribution in [-0.2, 0) is 13.0 Å². The summed E-state index contributed by atoms with van der Waals surface area (Å²) >= 11 is 0. The lowest BCUT2D eigenvalue weighted by molar-refractivity contribution is -0.563. The average molecular weight is 178 g/mol. The SMILES string of the molecule is O=[N+]1CCCc2cc(O)ccc2C1. The first kappa shape index (κ1) is 8.23. The Kier molecular flexibility index (Phi) is 2.00. The fraction of sp³-hybridized carbons (Fsp3) is 0.400. The first-order chi connectivity index (χ1) is 6.25. The van der Waals surface area contributed by atoms with Crippen molar-refractivity contribution in [2.45, 2.75) is 19.4 Å². The minimum absolute atomic E-state index is 0.290. The molecular weight excluding hydrogens is 166 g/mol. The molecule has 2 rings (SSSR count). The van der Waals surface area contributed by atoms with Gasteiger partial charge in [0, 0.05) is 21.7 Å². The Hall–Kier alpha value is -1.38.